The second kappa shape index (κ2) is 9.45. The molecule has 0 bridgehead atoms. The van der Waals surface area contributed by atoms with Crippen molar-refractivity contribution in [2.45, 2.75) is 13.1 Å². The van der Waals surface area contributed by atoms with Gasteiger partial charge in [-0.1, -0.05) is 23.7 Å². The highest BCUT2D eigenvalue weighted by Crippen LogP contribution is 2.34. The molecule has 2 rings (SSSR count). The first-order valence-electron chi connectivity index (χ1n) is 8.33. The molecular weight excluding hydrogens is 397 g/mol. The minimum atomic E-state index is -4.60. The molecule has 0 atom stereocenters. The minimum absolute atomic E-state index is 0.192. The van der Waals surface area contributed by atoms with Gasteiger partial charge in [-0.3, -0.25) is 9.59 Å². The highest BCUT2D eigenvalue weighted by Gasteiger charge is 2.33. The van der Waals surface area contributed by atoms with Gasteiger partial charge in [0.1, 0.15) is 5.75 Å². The zero-order valence-corrected chi connectivity index (χ0v) is 15.7. The van der Waals surface area contributed by atoms with Crippen LogP contribution in [0.5, 0.6) is 5.75 Å². The number of anilines is 1. The molecule has 5 nitrogen and oxygen atoms in total. The van der Waals surface area contributed by atoms with E-state index in [0.717, 1.165) is 12.1 Å². The third kappa shape index (κ3) is 6.16. The normalized spacial score (nSPS) is 11.0. The summed E-state index contributed by atoms with van der Waals surface area (Å²) in [4.78, 5) is 25.6. The Bertz CT molecular complexity index is 826. The largest absolute Gasteiger partial charge is 0.484 e. The lowest BCUT2D eigenvalue weighted by atomic mass is 10.1. The maximum atomic E-state index is 13.0. The first-order chi connectivity index (χ1) is 13.2. The van der Waals surface area contributed by atoms with E-state index < -0.39 is 30.1 Å². The predicted molar refractivity (Wildman–Crippen MR) is 99.3 cm³/mol. The molecule has 0 unspecified atom stereocenters. The highest BCUT2D eigenvalue weighted by atomic mass is 35.5. The molecule has 0 aliphatic carbocycles. The van der Waals surface area contributed by atoms with Gasteiger partial charge in [-0.25, -0.2) is 0 Å². The molecule has 0 fully saturated rings. The first kappa shape index (κ1) is 21.6. The summed E-state index contributed by atoms with van der Waals surface area (Å²) in [5.41, 5.74) is -1.32. The number of nitrogens with zero attached hydrogens (tertiary/aromatic N) is 1. The lowest BCUT2D eigenvalue weighted by Crippen LogP contribution is -2.40. The smallest absolute Gasteiger partial charge is 0.418 e. The fraction of sp³-hybridized carbons (Fsp3) is 0.263. The number of halogens is 4. The van der Waals surface area contributed by atoms with Crippen LogP contribution in [0.25, 0.3) is 0 Å². The second-order valence-electron chi connectivity index (χ2n) is 5.74. The van der Waals surface area contributed by atoms with Crippen LogP contribution in [0.15, 0.2) is 48.5 Å². The topological polar surface area (TPSA) is 58.6 Å². The molecule has 150 valence electrons. The number of ether oxygens (including phenoxy) is 1. The fourth-order valence-electron chi connectivity index (χ4n) is 2.35. The molecule has 9 heteroatoms. The molecule has 0 saturated heterocycles. The van der Waals surface area contributed by atoms with E-state index in [-0.39, 0.29) is 18.8 Å². The lowest BCUT2D eigenvalue weighted by Gasteiger charge is -2.21. The number of likely N-dealkylation sites (N-methyl/N-ethyl adjacent to an activating group) is 1. The number of amides is 2. The molecule has 2 amide bonds. The molecule has 2 aromatic carbocycles. The maximum Gasteiger partial charge on any atom is 0.418 e. The highest BCUT2D eigenvalue weighted by molar-refractivity contribution is 6.30. The maximum absolute atomic E-state index is 13.0. The number of hydrogen-bond acceptors (Lipinski definition) is 3. The molecule has 0 spiro atoms. The van der Waals surface area contributed by atoms with E-state index in [1.165, 1.54) is 17.0 Å². The van der Waals surface area contributed by atoms with Gasteiger partial charge in [0, 0.05) is 11.6 Å². The van der Waals surface area contributed by atoms with Crippen LogP contribution in [-0.2, 0) is 15.8 Å². The van der Waals surface area contributed by atoms with Crippen LogP contribution in [0.1, 0.15) is 12.5 Å². The van der Waals surface area contributed by atoms with Crippen molar-refractivity contribution in [3.63, 3.8) is 0 Å². The van der Waals surface area contributed by atoms with Crippen molar-refractivity contribution < 1.29 is 27.5 Å². The van der Waals surface area contributed by atoms with Crippen molar-refractivity contribution in [1.29, 1.82) is 0 Å². The molecule has 0 saturated carbocycles. The quantitative estimate of drug-likeness (QED) is 0.737. The number of nitrogens with one attached hydrogen (secondary N) is 1. The van der Waals surface area contributed by atoms with Crippen LogP contribution in [0.4, 0.5) is 18.9 Å². The van der Waals surface area contributed by atoms with E-state index in [1.54, 1.807) is 31.2 Å². The van der Waals surface area contributed by atoms with Crippen molar-refractivity contribution >= 4 is 29.1 Å². The Morgan fingerprint density at radius 3 is 2.36 bits per heavy atom. The Balaban J connectivity index is 1.95. The van der Waals surface area contributed by atoms with E-state index in [4.69, 9.17) is 16.3 Å². The van der Waals surface area contributed by atoms with E-state index in [1.807, 2.05) is 0 Å². The van der Waals surface area contributed by atoms with Crippen molar-refractivity contribution in [1.82, 2.24) is 4.90 Å². The second-order valence-corrected chi connectivity index (χ2v) is 6.18. The zero-order chi connectivity index (χ0) is 20.7. The number of para-hydroxylation sites is 1. The van der Waals surface area contributed by atoms with Gasteiger partial charge in [-0.15, -0.1) is 0 Å². The van der Waals surface area contributed by atoms with Gasteiger partial charge in [-0.05, 0) is 43.3 Å². The van der Waals surface area contributed by atoms with Crippen molar-refractivity contribution in [2.24, 2.45) is 0 Å². The van der Waals surface area contributed by atoms with Gasteiger partial charge in [-0.2, -0.15) is 13.2 Å². The number of carbonyl (C=O) groups is 2. The average Bonchev–Trinajstić information content (AvgIpc) is 2.65. The molecule has 2 aromatic rings. The molecular formula is C19H18ClF3N2O3. The summed E-state index contributed by atoms with van der Waals surface area (Å²) in [5.74, 6) is -0.785. The fourth-order valence-corrected chi connectivity index (χ4v) is 2.47. The van der Waals surface area contributed by atoms with E-state index in [9.17, 15) is 22.8 Å². The Kier molecular flexibility index (Phi) is 7.28. The van der Waals surface area contributed by atoms with Crippen LogP contribution >= 0.6 is 11.6 Å². The van der Waals surface area contributed by atoms with Crippen LogP contribution < -0.4 is 10.1 Å². The minimum Gasteiger partial charge on any atom is -0.484 e. The molecule has 0 aromatic heterocycles. The van der Waals surface area contributed by atoms with Crippen LogP contribution in [-0.4, -0.2) is 36.4 Å². The summed E-state index contributed by atoms with van der Waals surface area (Å²) in [5, 5.41) is 2.73. The molecule has 28 heavy (non-hydrogen) atoms. The molecule has 0 aliphatic heterocycles. The third-order valence-electron chi connectivity index (χ3n) is 3.75. The van der Waals surface area contributed by atoms with Crippen molar-refractivity contribution in [3.8, 4) is 5.75 Å². The van der Waals surface area contributed by atoms with Crippen LogP contribution in [0.2, 0.25) is 5.02 Å². The Hall–Kier alpha value is -2.74. The summed E-state index contributed by atoms with van der Waals surface area (Å²) in [7, 11) is 0. The number of hydrogen-bond donors (Lipinski definition) is 1. The summed E-state index contributed by atoms with van der Waals surface area (Å²) in [6.45, 7) is 1.13. The van der Waals surface area contributed by atoms with E-state index in [0.29, 0.717) is 10.8 Å². The average molecular weight is 415 g/mol. The standard InChI is InChI=1S/C19H18ClF3N2O3/c1-2-25(18(27)12-28-14-9-7-13(20)8-10-14)11-17(26)24-16-6-4-3-5-15(16)19(21,22)23/h3-10H,2,11-12H2,1H3,(H,24,26). The summed E-state index contributed by atoms with van der Waals surface area (Å²) in [6, 6.07) is 11.0. The number of rotatable bonds is 7. The SMILES string of the molecule is CCN(CC(=O)Nc1ccccc1C(F)(F)F)C(=O)COc1ccc(Cl)cc1. The Morgan fingerprint density at radius 1 is 1.11 bits per heavy atom. The Labute approximate surface area is 165 Å². The monoisotopic (exact) mass is 414 g/mol. The van der Waals surface area contributed by atoms with Gasteiger partial charge in [0.25, 0.3) is 5.91 Å². The summed E-state index contributed by atoms with van der Waals surface area (Å²) < 4.78 is 44.3. The zero-order valence-electron chi connectivity index (χ0n) is 14.9. The number of alkyl halides is 3. The van der Waals surface area contributed by atoms with Gasteiger partial charge in [0.2, 0.25) is 5.91 Å². The molecule has 1 N–H and O–H groups in total. The summed E-state index contributed by atoms with van der Waals surface area (Å²) >= 11 is 5.76. The van der Waals surface area contributed by atoms with Gasteiger partial charge in [0.05, 0.1) is 17.8 Å². The van der Waals surface area contributed by atoms with E-state index in [2.05, 4.69) is 5.32 Å². The van der Waals surface area contributed by atoms with Crippen molar-refractivity contribution in [3.05, 3.63) is 59.1 Å². The van der Waals surface area contributed by atoms with Gasteiger partial charge in [0.15, 0.2) is 6.61 Å². The Morgan fingerprint density at radius 2 is 1.75 bits per heavy atom. The predicted octanol–water partition coefficient (Wildman–Crippen LogP) is 4.22. The third-order valence-corrected chi connectivity index (χ3v) is 4.00. The lowest BCUT2D eigenvalue weighted by molar-refractivity contribution is -0.137. The molecule has 0 heterocycles. The number of benzene rings is 2. The van der Waals surface area contributed by atoms with Crippen molar-refractivity contribution in [2.75, 3.05) is 25.0 Å². The summed E-state index contributed by atoms with van der Waals surface area (Å²) in [6.07, 6.45) is -4.60. The van der Waals surface area contributed by atoms with Crippen LogP contribution in [0.3, 0.4) is 0 Å². The van der Waals surface area contributed by atoms with E-state index >= 15 is 0 Å². The van der Waals surface area contributed by atoms with Gasteiger partial charge < -0.3 is 15.0 Å². The van der Waals surface area contributed by atoms with Crippen LogP contribution in [0, 0.1) is 0 Å². The van der Waals surface area contributed by atoms with Gasteiger partial charge >= 0.3 is 6.18 Å². The molecule has 0 radical (unpaired) electrons. The first-order valence-corrected chi connectivity index (χ1v) is 8.70. The number of carbonyl (C=O) groups excluding carboxylic acids is 2. The molecule has 0 aliphatic rings.